The molecule has 3 atom stereocenters. The van der Waals surface area contributed by atoms with E-state index < -0.39 is 0 Å². The van der Waals surface area contributed by atoms with E-state index in [0.717, 1.165) is 39.0 Å². The van der Waals surface area contributed by atoms with Crippen molar-refractivity contribution < 1.29 is 4.79 Å². The zero-order chi connectivity index (χ0) is 20.1. The average molecular weight is 410 g/mol. The molecule has 5 heteroatoms. The van der Waals surface area contributed by atoms with E-state index in [1.165, 1.54) is 21.8 Å². The predicted molar refractivity (Wildman–Crippen MR) is 117 cm³/mol. The number of benzene rings is 1. The summed E-state index contributed by atoms with van der Waals surface area (Å²) in [6.07, 6.45) is 2.17. The van der Waals surface area contributed by atoms with Gasteiger partial charge in [0, 0.05) is 36.9 Å². The third-order valence-electron chi connectivity index (χ3n) is 6.98. The Morgan fingerprint density at radius 1 is 1.21 bits per heavy atom. The number of nitrogens with zero attached hydrogens (tertiary/aromatic N) is 3. The Balaban J connectivity index is 1.36. The maximum absolute atomic E-state index is 13.1. The van der Waals surface area contributed by atoms with E-state index in [2.05, 4.69) is 60.2 Å². The van der Waals surface area contributed by atoms with Gasteiger partial charge in [-0.3, -0.25) is 9.69 Å². The van der Waals surface area contributed by atoms with Crippen LogP contribution >= 0.6 is 11.3 Å². The van der Waals surface area contributed by atoms with Crippen LogP contribution in [0.25, 0.3) is 0 Å². The van der Waals surface area contributed by atoms with Gasteiger partial charge in [0.1, 0.15) is 5.01 Å². The second-order valence-corrected chi connectivity index (χ2v) is 10.4. The van der Waals surface area contributed by atoms with E-state index in [0.29, 0.717) is 29.6 Å². The van der Waals surface area contributed by atoms with Crippen LogP contribution in [-0.4, -0.2) is 40.3 Å². The van der Waals surface area contributed by atoms with Crippen LogP contribution in [0, 0.1) is 24.7 Å². The summed E-state index contributed by atoms with van der Waals surface area (Å²) in [5.74, 6) is 2.29. The van der Waals surface area contributed by atoms with Crippen LogP contribution in [0.15, 0.2) is 29.6 Å². The van der Waals surface area contributed by atoms with Crippen molar-refractivity contribution in [1.29, 1.82) is 0 Å². The lowest BCUT2D eigenvalue weighted by atomic mass is 9.87. The summed E-state index contributed by atoms with van der Waals surface area (Å²) in [4.78, 5) is 22.7. The van der Waals surface area contributed by atoms with Crippen molar-refractivity contribution in [2.45, 2.75) is 52.1 Å². The highest BCUT2D eigenvalue weighted by Crippen LogP contribution is 2.48. The van der Waals surface area contributed by atoms with Crippen molar-refractivity contribution in [3.63, 3.8) is 0 Å². The number of carbonyl (C=O) groups excluding carboxylic acids is 1. The Bertz CT molecular complexity index is 903. The summed E-state index contributed by atoms with van der Waals surface area (Å²) in [7, 11) is 0. The van der Waals surface area contributed by atoms with Crippen LogP contribution in [0.3, 0.4) is 0 Å². The molecular formula is C24H31N3OS. The van der Waals surface area contributed by atoms with E-state index in [9.17, 15) is 4.79 Å². The van der Waals surface area contributed by atoms with Crippen molar-refractivity contribution in [3.05, 3.63) is 51.5 Å². The van der Waals surface area contributed by atoms with Crippen molar-refractivity contribution in [1.82, 2.24) is 14.8 Å². The van der Waals surface area contributed by atoms with Crippen LogP contribution in [-0.2, 0) is 11.3 Å². The van der Waals surface area contributed by atoms with Gasteiger partial charge in [-0.05, 0) is 42.7 Å². The van der Waals surface area contributed by atoms with Gasteiger partial charge in [0.2, 0.25) is 5.91 Å². The van der Waals surface area contributed by atoms with Gasteiger partial charge in [0.05, 0.1) is 18.3 Å². The monoisotopic (exact) mass is 409 g/mol. The number of likely N-dealkylation sites (tertiary alicyclic amines) is 2. The maximum Gasteiger partial charge on any atom is 0.226 e. The molecule has 5 rings (SSSR count). The zero-order valence-corrected chi connectivity index (χ0v) is 18.5. The van der Waals surface area contributed by atoms with Crippen molar-refractivity contribution in [2.75, 3.05) is 19.6 Å². The van der Waals surface area contributed by atoms with Crippen molar-refractivity contribution in [2.24, 2.45) is 17.8 Å². The highest BCUT2D eigenvalue weighted by Gasteiger charge is 2.51. The average Bonchev–Trinajstić information content (AvgIpc) is 3.16. The van der Waals surface area contributed by atoms with Crippen LogP contribution < -0.4 is 0 Å². The molecule has 3 heterocycles. The molecule has 29 heavy (non-hydrogen) atoms. The Kier molecular flexibility index (Phi) is 4.99. The summed E-state index contributed by atoms with van der Waals surface area (Å²) in [5, 5.41) is 3.44. The first-order chi connectivity index (χ1) is 14.0. The Labute approximate surface area is 177 Å². The lowest BCUT2D eigenvalue weighted by molar-refractivity contribution is -0.134. The molecule has 0 spiro atoms. The number of aromatic nitrogens is 1. The normalized spacial score (nSPS) is 27.0. The molecule has 1 aromatic carbocycles. The second kappa shape index (κ2) is 7.51. The lowest BCUT2D eigenvalue weighted by Crippen LogP contribution is -2.36. The Hall–Kier alpha value is -1.72. The molecule has 3 aliphatic rings. The largest absolute Gasteiger partial charge is 0.335 e. The fourth-order valence-corrected chi connectivity index (χ4v) is 6.23. The van der Waals surface area contributed by atoms with Crippen molar-refractivity contribution >= 4 is 17.2 Å². The lowest BCUT2D eigenvalue weighted by Gasteiger charge is -2.31. The molecular weight excluding hydrogens is 378 g/mol. The van der Waals surface area contributed by atoms with Gasteiger partial charge >= 0.3 is 0 Å². The number of rotatable bonds is 5. The molecule has 4 nitrogen and oxygen atoms in total. The van der Waals surface area contributed by atoms with Gasteiger partial charge < -0.3 is 4.90 Å². The van der Waals surface area contributed by atoms with E-state index in [1.807, 2.05) is 0 Å². The topological polar surface area (TPSA) is 36.4 Å². The number of hydrogen-bond donors (Lipinski definition) is 0. The van der Waals surface area contributed by atoms with Gasteiger partial charge in [-0.1, -0.05) is 38.1 Å². The summed E-state index contributed by atoms with van der Waals surface area (Å²) in [5.41, 5.74) is 3.88. The van der Waals surface area contributed by atoms with Crippen LogP contribution in [0.2, 0.25) is 0 Å². The van der Waals surface area contributed by atoms with E-state index in [1.54, 1.807) is 11.3 Å². The number of thiazole rings is 1. The molecule has 1 saturated carbocycles. The molecule has 2 aliphatic heterocycles. The quantitative estimate of drug-likeness (QED) is 0.723. The second-order valence-electron chi connectivity index (χ2n) is 9.51. The summed E-state index contributed by atoms with van der Waals surface area (Å²) < 4.78 is 0. The predicted octanol–water partition coefficient (Wildman–Crippen LogP) is 4.62. The van der Waals surface area contributed by atoms with Gasteiger partial charge in [-0.2, -0.15) is 0 Å². The van der Waals surface area contributed by atoms with E-state index >= 15 is 0 Å². The molecule has 1 amide bonds. The highest BCUT2D eigenvalue weighted by molar-refractivity contribution is 7.09. The molecule has 2 aromatic rings. The number of aryl methyl sites for hydroxylation is 1. The maximum atomic E-state index is 13.1. The number of carbonyl (C=O) groups is 1. The molecule has 3 fully saturated rings. The molecule has 2 saturated heterocycles. The van der Waals surface area contributed by atoms with E-state index in [4.69, 9.17) is 4.98 Å². The molecule has 154 valence electrons. The standard InChI is InChI=1S/C24H31N3OS/c1-15(2)21-14-29-22(25-21)13-26-10-18-11-27(24(28)17-8-9-17)23(20(18)12-26)19-7-5-4-6-16(19)3/h4-7,14-15,17-18,20,23H,8-13H2,1-3H3/t18-,20-,23+/m0/s1. The molecule has 1 aromatic heterocycles. The highest BCUT2D eigenvalue weighted by atomic mass is 32.1. The third-order valence-corrected chi connectivity index (χ3v) is 7.83. The minimum atomic E-state index is 0.238. The molecule has 0 N–H and O–H groups in total. The third kappa shape index (κ3) is 3.64. The van der Waals surface area contributed by atoms with Gasteiger partial charge in [0.25, 0.3) is 0 Å². The molecule has 0 unspecified atom stereocenters. The van der Waals surface area contributed by atoms with Gasteiger partial charge in [-0.15, -0.1) is 11.3 Å². The summed E-state index contributed by atoms with van der Waals surface area (Å²) in [6.45, 7) is 10.6. The first-order valence-corrected chi connectivity index (χ1v) is 11.9. The first kappa shape index (κ1) is 19.3. The van der Waals surface area contributed by atoms with Gasteiger partial charge in [-0.25, -0.2) is 4.98 Å². The van der Waals surface area contributed by atoms with Gasteiger partial charge in [0.15, 0.2) is 0 Å². The van der Waals surface area contributed by atoms with E-state index in [-0.39, 0.29) is 6.04 Å². The van der Waals surface area contributed by atoms with Crippen LogP contribution in [0.5, 0.6) is 0 Å². The minimum Gasteiger partial charge on any atom is -0.335 e. The molecule has 0 radical (unpaired) electrons. The Morgan fingerprint density at radius 3 is 2.69 bits per heavy atom. The summed E-state index contributed by atoms with van der Waals surface area (Å²) >= 11 is 1.79. The molecule has 0 bridgehead atoms. The minimum absolute atomic E-state index is 0.238. The SMILES string of the molecule is Cc1ccccc1[C@@H]1[C@H]2CN(Cc3nc(C(C)C)cs3)C[C@H]2CN1C(=O)C1CC1. The smallest absolute Gasteiger partial charge is 0.226 e. The van der Waals surface area contributed by atoms with Crippen LogP contribution in [0.1, 0.15) is 60.5 Å². The number of fused-ring (bicyclic) bond motifs is 1. The van der Waals surface area contributed by atoms with Crippen LogP contribution in [0.4, 0.5) is 0 Å². The number of hydrogen-bond acceptors (Lipinski definition) is 4. The molecule has 1 aliphatic carbocycles. The van der Waals surface area contributed by atoms with Crippen molar-refractivity contribution in [3.8, 4) is 0 Å². The first-order valence-electron chi connectivity index (χ1n) is 11.0. The zero-order valence-electron chi connectivity index (χ0n) is 17.7. The fraction of sp³-hybridized carbons (Fsp3) is 0.583. The Morgan fingerprint density at radius 2 is 2.00 bits per heavy atom. The number of amides is 1. The fourth-order valence-electron chi connectivity index (χ4n) is 5.23. The summed E-state index contributed by atoms with van der Waals surface area (Å²) in [6, 6.07) is 8.91.